The van der Waals surface area contributed by atoms with E-state index in [2.05, 4.69) is 4.98 Å². The minimum absolute atomic E-state index is 0.161. The van der Waals surface area contributed by atoms with Gasteiger partial charge < -0.3 is 10.5 Å². The van der Waals surface area contributed by atoms with Gasteiger partial charge in [-0.2, -0.15) is 0 Å². The zero-order valence-corrected chi connectivity index (χ0v) is 10.3. The molecule has 4 nitrogen and oxygen atoms in total. The molecular weight excluding hydrogens is 224 g/mol. The Labute approximate surface area is 99.6 Å². The summed E-state index contributed by atoms with van der Waals surface area (Å²) in [5.41, 5.74) is 5.48. The molecule has 16 heavy (non-hydrogen) atoms. The third kappa shape index (κ3) is 4.53. The summed E-state index contributed by atoms with van der Waals surface area (Å²) in [6, 6.07) is 3.65. The smallest absolute Gasteiger partial charge is 0.306 e. The predicted molar refractivity (Wildman–Crippen MR) is 65.2 cm³/mol. The second kappa shape index (κ2) is 6.37. The number of pyridine rings is 1. The number of nitrogen functional groups attached to an aromatic ring is 1. The average Bonchev–Trinajstić information content (AvgIpc) is 2.21. The Morgan fingerprint density at radius 3 is 2.94 bits per heavy atom. The molecule has 0 saturated carbocycles. The summed E-state index contributed by atoms with van der Waals surface area (Å²) in [5.74, 6) is 0.341. The van der Waals surface area contributed by atoms with Crippen molar-refractivity contribution in [3.05, 3.63) is 18.3 Å². The highest BCUT2D eigenvalue weighted by atomic mass is 32.2. The number of ether oxygens (including phenoxy) is 1. The Bertz CT molecular complexity index is 340. The van der Waals surface area contributed by atoms with Crippen LogP contribution in [0.4, 0.5) is 5.82 Å². The number of rotatable bonds is 5. The Hall–Kier alpha value is -1.23. The van der Waals surface area contributed by atoms with Gasteiger partial charge in [-0.05, 0) is 19.1 Å². The lowest BCUT2D eigenvalue weighted by Crippen LogP contribution is -2.10. The molecule has 1 rings (SSSR count). The SMILES string of the molecule is CCOC(=O)CC(C)Sc1ccc(N)nc1. The van der Waals surface area contributed by atoms with Gasteiger partial charge >= 0.3 is 5.97 Å². The van der Waals surface area contributed by atoms with Gasteiger partial charge in [0.2, 0.25) is 0 Å². The zero-order chi connectivity index (χ0) is 12.0. The van der Waals surface area contributed by atoms with Gasteiger partial charge in [-0.25, -0.2) is 4.98 Å². The fraction of sp³-hybridized carbons (Fsp3) is 0.455. The first-order valence-corrected chi connectivity index (χ1v) is 6.03. The highest BCUT2D eigenvalue weighted by molar-refractivity contribution is 8.00. The molecule has 5 heteroatoms. The van der Waals surface area contributed by atoms with Crippen LogP contribution in [-0.4, -0.2) is 22.8 Å². The van der Waals surface area contributed by atoms with Crippen molar-refractivity contribution in [2.45, 2.75) is 30.4 Å². The van der Waals surface area contributed by atoms with Gasteiger partial charge in [-0.3, -0.25) is 4.79 Å². The predicted octanol–water partition coefficient (Wildman–Crippen LogP) is 2.10. The molecule has 0 fully saturated rings. The molecule has 0 amide bonds. The van der Waals surface area contributed by atoms with Gasteiger partial charge in [0.15, 0.2) is 0 Å². The third-order valence-electron chi connectivity index (χ3n) is 1.86. The van der Waals surface area contributed by atoms with Crippen LogP contribution >= 0.6 is 11.8 Å². The summed E-state index contributed by atoms with van der Waals surface area (Å²) < 4.78 is 4.88. The zero-order valence-electron chi connectivity index (χ0n) is 9.47. The van der Waals surface area contributed by atoms with Crippen LogP contribution in [0.5, 0.6) is 0 Å². The third-order valence-corrected chi connectivity index (χ3v) is 2.94. The quantitative estimate of drug-likeness (QED) is 0.630. The van der Waals surface area contributed by atoms with E-state index < -0.39 is 0 Å². The van der Waals surface area contributed by atoms with E-state index in [-0.39, 0.29) is 11.2 Å². The number of hydrogen-bond donors (Lipinski definition) is 1. The van der Waals surface area contributed by atoms with Gasteiger partial charge in [0.25, 0.3) is 0 Å². The van der Waals surface area contributed by atoms with E-state index in [1.807, 2.05) is 13.0 Å². The molecule has 2 N–H and O–H groups in total. The molecular formula is C11H16N2O2S. The van der Waals surface area contributed by atoms with Crippen LogP contribution in [0.1, 0.15) is 20.3 Å². The average molecular weight is 240 g/mol. The van der Waals surface area contributed by atoms with E-state index in [1.54, 1.807) is 30.9 Å². The molecule has 88 valence electrons. The van der Waals surface area contributed by atoms with Crippen LogP contribution < -0.4 is 5.73 Å². The first-order valence-electron chi connectivity index (χ1n) is 5.15. The molecule has 1 aromatic heterocycles. The van der Waals surface area contributed by atoms with Crippen molar-refractivity contribution < 1.29 is 9.53 Å². The van der Waals surface area contributed by atoms with Crippen LogP contribution in [0.2, 0.25) is 0 Å². The van der Waals surface area contributed by atoms with E-state index in [0.29, 0.717) is 18.8 Å². The molecule has 1 unspecified atom stereocenters. The molecule has 0 aliphatic carbocycles. The molecule has 0 bridgehead atoms. The Morgan fingerprint density at radius 2 is 2.38 bits per heavy atom. The summed E-state index contributed by atoms with van der Waals surface area (Å²) in [4.78, 5) is 16.2. The summed E-state index contributed by atoms with van der Waals surface area (Å²) in [5, 5.41) is 0.171. The number of nitrogens with two attached hydrogens (primary N) is 1. The largest absolute Gasteiger partial charge is 0.466 e. The van der Waals surface area contributed by atoms with Gasteiger partial charge in [-0.15, -0.1) is 11.8 Å². The van der Waals surface area contributed by atoms with Gasteiger partial charge in [0.1, 0.15) is 5.82 Å². The summed E-state index contributed by atoms with van der Waals surface area (Å²) in [6.07, 6.45) is 2.12. The van der Waals surface area contributed by atoms with Crippen molar-refractivity contribution >= 4 is 23.5 Å². The molecule has 1 heterocycles. The van der Waals surface area contributed by atoms with Crippen molar-refractivity contribution in [3.8, 4) is 0 Å². The minimum Gasteiger partial charge on any atom is -0.466 e. The maximum Gasteiger partial charge on any atom is 0.306 e. The lowest BCUT2D eigenvalue weighted by Gasteiger charge is -2.09. The number of esters is 1. The fourth-order valence-electron chi connectivity index (χ4n) is 1.19. The normalized spacial score (nSPS) is 12.1. The summed E-state index contributed by atoms with van der Waals surface area (Å²) >= 11 is 1.59. The van der Waals surface area contributed by atoms with Crippen molar-refractivity contribution in [1.82, 2.24) is 4.98 Å². The van der Waals surface area contributed by atoms with Crippen LogP contribution in [0, 0.1) is 0 Å². The monoisotopic (exact) mass is 240 g/mol. The first-order chi connectivity index (χ1) is 7.61. The molecule has 0 aliphatic rings. The molecule has 1 atom stereocenters. The van der Waals surface area contributed by atoms with Crippen LogP contribution in [0.3, 0.4) is 0 Å². The molecule has 0 spiro atoms. The lowest BCUT2D eigenvalue weighted by atomic mass is 10.3. The highest BCUT2D eigenvalue weighted by Crippen LogP contribution is 2.24. The van der Waals surface area contributed by atoms with Crippen molar-refractivity contribution in [2.24, 2.45) is 0 Å². The van der Waals surface area contributed by atoms with Crippen molar-refractivity contribution in [2.75, 3.05) is 12.3 Å². The molecule has 1 aromatic rings. The van der Waals surface area contributed by atoms with E-state index in [9.17, 15) is 4.79 Å². The van der Waals surface area contributed by atoms with E-state index >= 15 is 0 Å². The van der Waals surface area contributed by atoms with Crippen LogP contribution in [0.15, 0.2) is 23.2 Å². The summed E-state index contributed by atoms with van der Waals surface area (Å²) in [7, 11) is 0. The van der Waals surface area contributed by atoms with Gasteiger partial charge in [0.05, 0.1) is 13.0 Å². The number of anilines is 1. The van der Waals surface area contributed by atoms with Crippen LogP contribution in [0.25, 0.3) is 0 Å². The second-order valence-electron chi connectivity index (χ2n) is 3.36. The number of hydrogen-bond acceptors (Lipinski definition) is 5. The van der Waals surface area contributed by atoms with Crippen molar-refractivity contribution in [1.29, 1.82) is 0 Å². The second-order valence-corrected chi connectivity index (χ2v) is 4.87. The standard InChI is InChI=1S/C11H16N2O2S/c1-3-15-11(14)6-8(2)16-9-4-5-10(12)13-7-9/h4-5,7-8H,3,6H2,1-2H3,(H2,12,13). The number of carbonyl (C=O) groups excluding carboxylic acids is 1. The number of carbonyl (C=O) groups is 1. The maximum atomic E-state index is 11.2. The van der Waals surface area contributed by atoms with E-state index in [1.165, 1.54) is 0 Å². The Morgan fingerprint density at radius 1 is 1.62 bits per heavy atom. The van der Waals surface area contributed by atoms with E-state index in [4.69, 9.17) is 10.5 Å². The number of nitrogens with zero attached hydrogens (tertiary/aromatic N) is 1. The molecule has 0 saturated heterocycles. The molecule has 0 aromatic carbocycles. The van der Waals surface area contributed by atoms with E-state index in [0.717, 1.165) is 4.90 Å². The topological polar surface area (TPSA) is 65.2 Å². The fourth-order valence-corrected chi connectivity index (χ4v) is 2.13. The summed E-state index contributed by atoms with van der Waals surface area (Å²) in [6.45, 7) is 4.22. The van der Waals surface area contributed by atoms with Crippen molar-refractivity contribution in [3.63, 3.8) is 0 Å². The number of aromatic nitrogens is 1. The first kappa shape index (κ1) is 12.8. The lowest BCUT2D eigenvalue weighted by molar-refractivity contribution is -0.142. The number of thioether (sulfide) groups is 1. The minimum atomic E-state index is -0.161. The molecule has 0 aliphatic heterocycles. The van der Waals surface area contributed by atoms with Gasteiger partial charge in [0, 0.05) is 16.3 Å². The van der Waals surface area contributed by atoms with Crippen LogP contribution in [-0.2, 0) is 9.53 Å². The highest BCUT2D eigenvalue weighted by Gasteiger charge is 2.11. The Kier molecular flexibility index (Phi) is 5.11. The maximum absolute atomic E-state index is 11.2. The Balaban J connectivity index is 2.42. The molecule has 0 radical (unpaired) electrons. The van der Waals surface area contributed by atoms with Gasteiger partial charge in [-0.1, -0.05) is 6.92 Å².